The Hall–Kier alpha value is -9.58. The van der Waals surface area contributed by atoms with E-state index in [1.807, 2.05) is 0 Å². The number of rotatable bonds is 5. The van der Waals surface area contributed by atoms with E-state index in [2.05, 4.69) is 272 Å². The molecule has 11 aromatic carbocycles. The van der Waals surface area contributed by atoms with Gasteiger partial charge in [0.15, 0.2) is 0 Å². The Kier molecular flexibility index (Phi) is 7.82. The van der Waals surface area contributed by atoms with Crippen molar-refractivity contribution in [1.29, 1.82) is 0 Å². The fraction of sp³-hybridized carbons (Fsp3) is 0. The highest BCUT2D eigenvalue weighted by Crippen LogP contribution is 2.44. The molecule has 5 heterocycles. The van der Waals surface area contributed by atoms with Crippen molar-refractivity contribution in [2.45, 2.75) is 0 Å². The van der Waals surface area contributed by atoms with Crippen LogP contribution in [0, 0.1) is 0 Å². The normalized spacial score (nSPS) is 12.2. The number of para-hydroxylation sites is 7. The molecule has 0 aliphatic heterocycles. The summed E-state index contributed by atoms with van der Waals surface area (Å²) in [6.45, 7) is 0. The molecule has 5 aromatic heterocycles. The molecule has 0 aliphatic carbocycles. The average molecular weight is 904 g/mol. The predicted molar refractivity (Wildman–Crippen MR) is 298 cm³/mol. The van der Waals surface area contributed by atoms with Gasteiger partial charge in [-0.15, -0.1) is 0 Å². The number of hydrogen-bond acceptors (Lipinski definition) is 0. The summed E-state index contributed by atoms with van der Waals surface area (Å²) >= 11 is 0. The lowest BCUT2D eigenvalue weighted by molar-refractivity contribution is 1.13. The lowest BCUT2D eigenvalue weighted by atomic mass is 10.1. The van der Waals surface area contributed by atoms with Crippen LogP contribution in [-0.4, -0.2) is 22.8 Å². The first-order valence-corrected chi connectivity index (χ1v) is 24.4. The molecule has 0 fully saturated rings. The summed E-state index contributed by atoms with van der Waals surface area (Å²) in [6, 6.07) is 91.5. The van der Waals surface area contributed by atoms with Gasteiger partial charge in [-0.3, -0.25) is 0 Å². The van der Waals surface area contributed by atoms with Gasteiger partial charge in [0.1, 0.15) is 0 Å². The molecule has 0 unspecified atom stereocenters. The minimum Gasteiger partial charge on any atom is -0.309 e. The van der Waals surface area contributed by atoms with Gasteiger partial charge in [0, 0.05) is 82.3 Å². The van der Waals surface area contributed by atoms with Gasteiger partial charge in [0.25, 0.3) is 0 Å². The van der Waals surface area contributed by atoms with Gasteiger partial charge in [0.2, 0.25) is 0 Å². The topological polar surface area (TPSA) is 24.6 Å². The van der Waals surface area contributed by atoms with Crippen LogP contribution >= 0.6 is 0 Å². The molecule has 71 heavy (non-hydrogen) atoms. The Morgan fingerprint density at radius 2 is 0.493 bits per heavy atom. The fourth-order valence-electron chi connectivity index (χ4n) is 12.4. The number of benzene rings is 11. The number of fused-ring (bicyclic) bond motifs is 16. The molecule has 330 valence electrons. The van der Waals surface area contributed by atoms with Crippen molar-refractivity contribution >= 4 is 109 Å². The zero-order valence-electron chi connectivity index (χ0n) is 38.4. The van der Waals surface area contributed by atoms with E-state index in [0.29, 0.717) is 0 Å². The van der Waals surface area contributed by atoms with Crippen LogP contribution in [0.2, 0.25) is 0 Å². The molecule has 0 N–H and O–H groups in total. The van der Waals surface area contributed by atoms with Crippen LogP contribution < -0.4 is 0 Å². The fourth-order valence-corrected chi connectivity index (χ4v) is 12.4. The highest BCUT2D eigenvalue weighted by molar-refractivity contribution is 6.26. The van der Waals surface area contributed by atoms with E-state index in [1.165, 1.54) is 109 Å². The molecule has 0 saturated heterocycles. The van der Waals surface area contributed by atoms with E-state index in [-0.39, 0.29) is 0 Å². The van der Waals surface area contributed by atoms with Gasteiger partial charge < -0.3 is 22.8 Å². The van der Waals surface area contributed by atoms with Crippen LogP contribution in [0.3, 0.4) is 0 Å². The molecule has 0 atom stereocenters. The van der Waals surface area contributed by atoms with E-state index in [4.69, 9.17) is 0 Å². The van der Waals surface area contributed by atoms with Crippen LogP contribution in [0.15, 0.2) is 249 Å². The number of hydrogen-bond donors (Lipinski definition) is 0. The molecule has 16 aromatic rings. The molecule has 0 saturated carbocycles. The zero-order chi connectivity index (χ0) is 46.3. The van der Waals surface area contributed by atoms with Crippen LogP contribution in [0.4, 0.5) is 0 Å². The molecule has 0 spiro atoms. The van der Waals surface area contributed by atoms with E-state index in [1.54, 1.807) is 0 Å². The molecular formula is C66H41N5. The second-order valence-electron chi connectivity index (χ2n) is 18.9. The third-order valence-corrected chi connectivity index (χ3v) is 15.2. The lowest BCUT2D eigenvalue weighted by Gasteiger charge is -2.14. The van der Waals surface area contributed by atoms with Gasteiger partial charge in [-0.2, -0.15) is 0 Å². The van der Waals surface area contributed by atoms with Gasteiger partial charge in [-0.25, -0.2) is 0 Å². The molecular weight excluding hydrogens is 863 g/mol. The summed E-state index contributed by atoms with van der Waals surface area (Å²) in [5, 5.41) is 12.4. The van der Waals surface area contributed by atoms with Gasteiger partial charge >= 0.3 is 0 Å². The Morgan fingerprint density at radius 1 is 0.169 bits per heavy atom. The maximum absolute atomic E-state index is 2.51. The summed E-state index contributed by atoms with van der Waals surface area (Å²) in [6.07, 6.45) is 0. The molecule has 5 heteroatoms. The second-order valence-corrected chi connectivity index (χ2v) is 18.9. The highest BCUT2D eigenvalue weighted by atomic mass is 15.0. The van der Waals surface area contributed by atoms with E-state index < -0.39 is 0 Å². The first-order chi connectivity index (χ1) is 35.3. The summed E-state index contributed by atoms with van der Waals surface area (Å²) < 4.78 is 12.3. The largest absolute Gasteiger partial charge is 0.309 e. The Balaban J connectivity index is 0.932. The number of aromatic nitrogens is 5. The van der Waals surface area contributed by atoms with Crippen molar-refractivity contribution in [2.24, 2.45) is 0 Å². The zero-order valence-corrected chi connectivity index (χ0v) is 38.4. The van der Waals surface area contributed by atoms with Crippen molar-refractivity contribution in [2.75, 3.05) is 0 Å². The van der Waals surface area contributed by atoms with Crippen LogP contribution in [-0.2, 0) is 0 Å². The van der Waals surface area contributed by atoms with Crippen molar-refractivity contribution in [3.63, 3.8) is 0 Å². The minimum absolute atomic E-state index is 1.11. The van der Waals surface area contributed by atoms with E-state index in [9.17, 15) is 0 Å². The molecule has 0 bridgehead atoms. The smallest absolute Gasteiger partial charge is 0.0641 e. The Labute approximate surface area is 407 Å². The first-order valence-electron chi connectivity index (χ1n) is 24.4. The third kappa shape index (κ3) is 5.29. The Morgan fingerprint density at radius 3 is 0.972 bits per heavy atom. The summed E-state index contributed by atoms with van der Waals surface area (Å²) in [5.41, 5.74) is 17.5. The quantitative estimate of drug-likeness (QED) is 0.164. The van der Waals surface area contributed by atoms with Crippen molar-refractivity contribution in [3.05, 3.63) is 249 Å². The third-order valence-electron chi connectivity index (χ3n) is 15.2. The maximum atomic E-state index is 2.51. The van der Waals surface area contributed by atoms with Gasteiger partial charge in [-0.1, -0.05) is 146 Å². The predicted octanol–water partition coefficient (Wildman–Crippen LogP) is 17.2. The van der Waals surface area contributed by atoms with E-state index in [0.717, 1.165) is 28.4 Å². The van der Waals surface area contributed by atoms with Crippen LogP contribution in [0.1, 0.15) is 0 Å². The molecule has 0 amide bonds. The van der Waals surface area contributed by atoms with Gasteiger partial charge in [0.05, 0.1) is 55.2 Å². The summed E-state index contributed by atoms with van der Waals surface area (Å²) in [7, 11) is 0. The van der Waals surface area contributed by atoms with Crippen molar-refractivity contribution in [3.8, 4) is 28.4 Å². The van der Waals surface area contributed by atoms with Crippen molar-refractivity contribution < 1.29 is 0 Å². The SMILES string of the molecule is c1ccc(-n2c3ccccc3c3c2ccc2c4ccccc4n(-c4cccc(-n5c6ccccc6c6cc7c(cc65)c5ccccc5n7-c5cccc(-n6c7ccccc7c7ccccc76)c5)c4)c23)cc1. The van der Waals surface area contributed by atoms with Crippen molar-refractivity contribution in [1.82, 2.24) is 22.8 Å². The molecule has 5 nitrogen and oxygen atoms in total. The van der Waals surface area contributed by atoms with E-state index >= 15 is 0 Å². The lowest BCUT2D eigenvalue weighted by Crippen LogP contribution is -1.99. The Bertz CT molecular complexity index is 4830. The minimum atomic E-state index is 1.11. The molecule has 0 aliphatic rings. The first kappa shape index (κ1) is 38.4. The summed E-state index contributed by atoms with van der Waals surface area (Å²) in [4.78, 5) is 0. The van der Waals surface area contributed by atoms with Crippen LogP contribution in [0.25, 0.3) is 137 Å². The maximum Gasteiger partial charge on any atom is 0.0641 e. The summed E-state index contributed by atoms with van der Waals surface area (Å²) in [5.74, 6) is 0. The second kappa shape index (κ2) is 14.5. The molecule has 16 rings (SSSR count). The van der Waals surface area contributed by atoms with Crippen LogP contribution in [0.5, 0.6) is 0 Å². The molecule has 0 radical (unpaired) electrons. The monoisotopic (exact) mass is 903 g/mol. The standard InChI is InChI=1S/C66H41N5/c1-2-18-42(19-3-1)67-61-35-15-9-29-53(61)65-62(67)37-36-52-49-26-6-14-34-60(49)71(66(52)65)46-23-17-22-45(39-46)70-59-33-13-8-28-51(59)55-40-63-54(41-64(55)70)50-27-7-12-32-58(50)69(63)44-21-16-20-43(38-44)68-56-30-10-4-24-47(56)48-25-5-11-31-57(48)68/h1-41H. The number of nitrogens with zero attached hydrogens (tertiary/aromatic N) is 5. The van der Waals surface area contributed by atoms with Gasteiger partial charge in [-0.05, 0) is 103 Å². The average Bonchev–Trinajstić information content (AvgIpc) is 4.22. The highest BCUT2D eigenvalue weighted by Gasteiger charge is 2.23.